The molecule has 1 aromatic heterocycles. The van der Waals surface area contributed by atoms with Crippen LogP contribution in [0, 0.1) is 0 Å². The van der Waals surface area contributed by atoms with E-state index in [1.165, 1.54) is 18.4 Å². The second-order valence-corrected chi connectivity index (χ2v) is 11.7. The average Bonchev–Trinajstić information content (AvgIpc) is 3.60. The molecule has 1 amide bonds. The number of aliphatic hydroxyl groups excluding tert-OH is 1. The highest BCUT2D eigenvalue weighted by Gasteiger charge is 2.35. The number of aromatic amines is 1. The fourth-order valence-corrected chi connectivity index (χ4v) is 6.25. The second kappa shape index (κ2) is 11.9. The standard InChI is InChI=1S/C31H33Cl2N3O4/c32-21-5-10-25(11-6-21)40-31(38)36-16-13-26-27-17-22(33)7-12-28(27)34-29(26)30(36)20-3-8-24(9-4-20)39-19-23(37)18-35-14-1-2-15-35/h3-6,8-12,17,22-23,30,34,37H,1-2,7,13-16,18-19H2. The number of rotatable bonds is 7. The minimum atomic E-state index is -0.541. The summed E-state index contributed by atoms with van der Waals surface area (Å²) in [6.45, 7) is 3.43. The molecule has 3 heterocycles. The topological polar surface area (TPSA) is 78.0 Å². The van der Waals surface area contributed by atoms with Gasteiger partial charge >= 0.3 is 6.09 Å². The molecule has 0 saturated carbocycles. The maximum absolute atomic E-state index is 13.5. The number of nitrogens with one attached hydrogen (secondary N) is 1. The van der Waals surface area contributed by atoms with Crippen molar-refractivity contribution in [3.05, 3.63) is 80.9 Å². The number of carbonyl (C=O) groups is 1. The Morgan fingerprint density at radius 3 is 2.52 bits per heavy atom. The summed E-state index contributed by atoms with van der Waals surface area (Å²) in [6, 6.07) is 14.1. The number of H-pyrrole nitrogens is 1. The van der Waals surface area contributed by atoms with Gasteiger partial charge in [0.05, 0.1) is 5.38 Å². The number of amides is 1. The van der Waals surface area contributed by atoms with Crippen LogP contribution >= 0.6 is 23.2 Å². The number of halogens is 2. The van der Waals surface area contributed by atoms with Crippen LogP contribution in [0.3, 0.4) is 0 Å². The molecule has 1 fully saturated rings. The molecule has 0 bridgehead atoms. The van der Waals surface area contributed by atoms with E-state index in [4.69, 9.17) is 32.7 Å². The lowest BCUT2D eigenvalue weighted by Gasteiger charge is -2.35. The number of benzene rings is 2. The number of alkyl halides is 1. The first-order valence-corrected chi connectivity index (χ1v) is 14.7. The Bertz CT molecular complexity index is 1470. The molecule has 1 saturated heterocycles. The quantitative estimate of drug-likeness (QED) is 0.408. The summed E-state index contributed by atoms with van der Waals surface area (Å²) in [5.41, 5.74) is 3.08. The van der Waals surface area contributed by atoms with Crippen molar-refractivity contribution in [2.75, 3.05) is 32.8 Å². The van der Waals surface area contributed by atoms with E-state index in [0.717, 1.165) is 41.3 Å². The molecule has 3 aliphatic rings. The molecule has 0 spiro atoms. The van der Waals surface area contributed by atoms with Gasteiger partial charge in [-0.15, -0.1) is 11.6 Å². The fourth-order valence-electron chi connectivity index (χ4n) is 5.91. The van der Waals surface area contributed by atoms with Crippen molar-refractivity contribution in [1.29, 1.82) is 0 Å². The zero-order chi connectivity index (χ0) is 27.6. The molecule has 9 heteroatoms. The number of β-amino-alcohol motifs (C(OH)–C–C–N with tert-alkyl or cyclic N) is 1. The molecule has 2 aromatic carbocycles. The number of ether oxygens (including phenoxy) is 2. The van der Waals surface area contributed by atoms with Gasteiger partial charge in [-0.25, -0.2) is 4.79 Å². The number of aromatic nitrogens is 1. The summed E-state index contributed by atoms with van der Waals surface area (Å²) in [4.78, 5) is 21.1. The lowest BCUT2D eigenvalue weighted by atomic mass is 9.92. The van der Waals surface area contributed by atoms with Crippen molar-refractivity contribution in [2.45, 2.75) is 43.2 Å². The van der Waals surface area contributed by atoms with Gasteiger partial charge in [0.1, 0.15) is 30.3 Å². The summed E-state index contributed by atoms with van der Waals surface area (Å²) < 4.78 is 11.7. The van der Waals surface area contributed by atoms with E-state index >= 15 is 0 Å². The zero-order valence-corrected chi connectivity index (χ0v) is 23.7. The number of nitrogens with zero attached hydrogens (tertiary/aromatic N) is 2. The van der Waals surface area contributed by atoms with Crippen LogP contribution in [0.1, 0.15) is 42.1 Å². The molecule has 2 N–H and O–H groups in total. The molecular formula is C31H33Cl2N3O4. The lowest BCUT2D eigenvalue weighted by molar-refractivity contribution is 0.0758. The smallest absolute Gasteiger partial charge is 0.416 e. The first-order chi connectivity index (χ1) is 19.4. The van der Waals surface area contributed by atoms with Gasteiger partial charge in [0.15, 0.2) is 0 Å². The van der Waals surface area contributed by atoms with E-state index in [9.17, 15) is 9.90 Å². The van der Waals surface area contributed by atoms with E-state index in [1.54, 1.807) is 29.2 Å². The molecule has 1 aliphatic carbocycles. The number of hydrogen-bond donors (Lipinski definition) is 2. The third-order valence-corrected chi connectivity index (χ3v) is 8.41. The van der Waals surface area contributed by atoms with Crippen LogP contribution in [0.5, 0.6) is 11.5 Å². The minimum Gasteiger partial charge on any atom is -0.491 e. The Hall–Kier alpha value is -2.97. The molecule has 7 nitrogen and oxygen atoms in total. The zero-order valence-electron chi connectivity index (χ0n) is 22.2. The monoisotopic (exact) mass is 581 g/mol. The van der Waals surface area contributed by atoms with Gasteiger partial charge in [0.2, 0.25) is 0 Å². The van der Waals surface area contributed by atoms with Crippen LogP contribution < -0.4 is 20.0 Å². The van der Waals surface area contributed by atoms with Gasteiger partial charge in [0, 0.05) is 34.4 Å². The number of carbonyl (C=O) groups excluding carboxylic acids is 1. The van der Waals surface area contributed by atoms with E-state index in [-0.39, 0.29) is 18.0 Å². The molecule has 3 aromatic rings. The maximum Gasteiger partial charge on any atom is 0.416 e. The van der Waals surface area contributed by atoms with Gasteiger partial charge in [-0.1, -0.05) is 35.9 Å². The van der Waals surface area contributed by atoms with Crippen LogP contribution in [-0.4, -0.2) is 70.3 Å². The number of fused-ring (bicyclic) bond motifs is 3. The Kier molecular flexibility index (Phi) is 8.08. The van der Waals surface area contributed by atoms with Crippen LogP contribution in [-0.2, 0) is 6.42 Å². The van der Waals surface area contributed by atoms with E-state index in [2.05, 4.69) is 22.0 Å². The Morgan fingerprint density at radius 1 is 1.05 bits per heavy atom. The van der Waals surface area contributed by atoms with Gasteiger partial charge in [0.25, 0.3) is 0 Å². The second-order valence-electron chi connectivity index (χ2n) is 10.7. The SMILES string of the molecule is O=C(Oc1ccc(Cl)cc1)N1CCc2c([nH]c3c2=CC(Cl)CC=3)C1c1ccc(OCC(O)CN2CCCC2)cc1. The Labute approximate surface area is 243 Å². The lowest BCUT2D eigenvalue weighted by Crippen LogP contribution is -2.43. The van der Waals surface area contributed by atoms with Gasteiger partial charge < -0.3 is 24.5 Å². The van der Waals surface area contributed by atoms with Crippen LogP contribution in [0.4, 0.5) is 4.79 Å². The summed E-state index contributed by atoms with van der Waals surface area (Å²) in [5.74, 6) is 1.11. The highest BCUT2D eigenvalue weighted by Crippen LogP contribution is 2.34. The van der Waals surface area contributed by atoms with Gasteiger partial charge in [-0.2, -0.15) is 0 Å². The largest absolute Gasteiger partial charge is 0.491 e. The van der Waals surface area contributed by atoms with E-state index in [0.29, 0.717) is 36.0 Å². The fraction of sp³-hybridized carbons (Fsp3) is 0.387. The van der Waals surface area contributed by atoms with Crippen molar-refractivity contribution in [1.82, 2.24) is 14.8 Å². The molecule has 40 heavy (non-hydrogen) atoms. The summed E-state index contributed by atoms with van der Waals surface area (Å²) in [7, 11) is 0. The molecule has 0 radical (unpaired) electrons. The third-order valence-electron chi connectivity index (χ3n) is 7.85. The average molecular weight is 583 g/mol. The highest BCUT2D eigenvalue weighted by molar-refractivity contribution is 6.30. The molecule has 3 unspecified atom stereocenters. The van der Waals surface area contributed by atoms with Crippen LogP contribution in [0.25, 0.3) is 12.2 Å². The maximum atomic E-state index is 13.5. The van der Waals surface area contributed by atoms with Crippen LogP contribution in [0.15, 0.2) is 48.5 Å². The normalized spacial score (nSPS) is 21.1. The number of aliphatic hydroxyl groups is 1. The Morgan fingerprint density at radius 2 is 1.77 bits per heavy atom. The van der Waals surface area contributed by atoms with E-state index in [1.807, 2.05) is 24.3 Å². The molecule has 2 aliphatic heterocycles. The molecular weight excluding hydrogens is 549 g/mol. The number of hydrogen-bond acceptors (Lipinski definition) is 5. The van der Waals surface area contributed by atoms with Crippen molar-refractivity contribution in [3.8, 4) is 11.5 Å². The first-order valence-electron chi connectivity index (χ1n) is 13.9. The first kappa shape index (κ1) is 27.2. The molecule has 6 rings (SSSR count). The predicted octanol–water partition coefficient (Wildman–Crippen LogP) is 4.22. The van der Waals surface area contributed by atoms with Gasteiger partial charge in [-0.3, -0.25) is 4.90 Å². The molecule has 210 valence electrons. The van der Waals surface area contributed by atoms with Gasteiger partial charge in [-0.05, 0) is 86.3 Å². The van der Waals surface area contributed by atoms with Crippen molar-refractivity contribution in [3.63, 3.8) is 0 Å². The minimum absolute atomic E-state index is 0.0454. The third kappa shape index (κ3) is 5.88. The van der Waals surface area contributed by atoms with Crippen molar-refractivity contribution < 1.29 is 19.4 Å². The summed E-state index contributed by atoms with van der Waals surface area (Å²) in [6.07, 6.45) is 7.09. The molecule has 3 atom stereocenters. The van der Waals surface area contributed by atoms with Crippen molar-refractivity contribution in [2.24, 2.45) is 0 Å². The van der Waals surface area contributed by atoms with Crippen LogP contribution in [0.2, 0.25) is 5.02 Å². The van der Waals surface area contributed by atoms with E-state index < -0.39 is 12.2 Å². The van der Waals surface area contributed by atoms with Crippen molar-refractivity contribution >= 4 is 41.4 Å². The predicted molar refractivity (Wildman–Crippen MR) is 157 cm³/mol. The Balaban J connectivity index is 1.25. The summed E-state index contributed by atoms with van der Waals surface area (Å²) >= 11 is 12.5. The number of likely N-dealkylation sites (tertiary alicyclic amines) is 1. The summed E-state index contributed by atoms with van der Waals surface area (Å²) in [5, 5.41) is 13.1. The highest BCUT2D eigenvalue weighted by atomic mass is 35.5.